The van der Waals surface area contributed by atoms with Gasteiger partial charge in [0.25, 0.3) is 0 Å². The summed E-state index contributed by atoms with van der Waals surface area (Å²) < 4.78 is 10.4. The highest BCUT2D eigenvalue weighted by atomic mass is 16.5. The number of furan rings is 1. The number of aliphatic hydroxyl groups is 1. The Morgan fingerprint density at radius 1 is 1.38 bits per heavy atom. The van der Waals surface area contributed by atoms with E-state index in [0.717, 1.165) is 11.0 Å². The molecule has 1 aromatic carbocycles. The molecule has 0 fully saturated rings. The third-order valence-electron chi connectivity index (χ3n) is 3.02. The molecule has 0 bridgehead atoms. The van der Waals surface area contributed by atoms with Crippen LogP contribution in [0.2, 0.25) is 0 Å². The van der Waals surface area contributed by atoms with Crippen LogP contribution >= 0.6 is 0 Å². The lowest BCUT2D eigenvalue weighted by Crippen LogP contribution is -2.36. The van der Waals surface area contributed by atoms with Crippen LogP contribution in [0.25, 0.3) is 11.0 Å². The van der Waals surface area contributed by atoms with Crippen molar-refractivity contribution in [3.63, 3.8) is 0 Å². The van der Waals surface area contributed by atoms with Crippen molar-refractivity contribution >= 4 is 17.0 Å². The summed E-state index contributed by atoms with van der Waals surface area (Å²) >= 11 is 0. The molecule has 1 atom stereocenters. The van der Waals surface area contributed by atoms with Crippen molar-refractivity contribution < 1.29 is 19.1 Å². The lowest BCUT2D eigenvalue weighted by Gasteiger charge is -2.10. The molecule has 0 spiro atoms. The molecule has 0 aliphatic heterocycles. The highest BCUT2D eigenvalue weighted by molar-refractivity contribution is 5.78. The van der Waals surface area contributed by atoms with Gasteiger partial charge in [-0.3, -0.25) is 0 Å². The van der Waals surface area contributed by atoms with E-state index in [0.29, 0.717) is 25.3 Å². The first-order valence-corrected chi connectivity index (χ1v) is 6.85. The third-order valence-corrected chi connectivity index (χ3v) is 3.02. The second-order valence-electron chi connectivity index (χ2n) is 4.76. The number of aliphatic hydroxyl groups excluding tert-OH is 1. The van der Waals surface area contributed by atoms with Crippen LogP contribution in [0.15, 0.2) is 34.7 Å². The first-order chi connectivity index (χ1) is 10.2. The SMILES string of the molecule is COCC(O)CCNC(=O)NCc1cc2ccccc2o1. The van der Waals surface area contributed by atoms with E-state index >= 15 is 0 Å². The molecule has 0 saturated carbocycles. The van der Waals surface area contributed by atoms with Crippen LogP contribution in [-0.4, -0.2) is 37.5 Å². The smallest absolute Gasteiger partial charge is 0.315 e. The van der Waals surface area contributed by atoms with Gasteiger partial charge in [0.15, 0.2) is 0 Å². The van der Waals surface area contributed by atoms with Gasteiger partial charge < -0.3 is 24.9 Å². The fourth-order valence-corrected chi connectivity index (χ4v) is 1.98. The van der Waals surface area contributed by atoms with E-state index in [2.05, 4.69) is 10.6 Å². The lowest BCUT2D eigenvalue weighted by molar-refractivity contribution is 0.0598. The van der Waals surface area contributed by atoms with E-state index < -0.39 is 6.10 Å². The summed E-state index contributed by atoms with van der Waals surface area (Å²) in [5.41, 5.74) is 0.803. The molecule has 0 aliphatic carbocycles. The van der Waals surface area contributed by atoms with Gasteiger partial charge in [-0.25, -0.2) is 4.79 Å². The molecule has 2 aromatic rings. The van der Waals surface area contributed by atoms with Gasteiger partial charge in [0.2, 0.25) is 0 Å². The average molecular weight is 292 g/mol. The van der Waals surface area contributed by atoms with Crippen molar-refractivity contribution in [1.29, 1.82) is 0 Å². The van der Waals surface area contributed by atoms with Gasteiger partial charge in [0.1, 0.15) is 11.3 Å². The number of urea groups is 1. The summed E-state index contributed by atoms with van der Waals surface area (Å²) in [6, 6.07) is 9.29. The van der Waals surface area contributed by atoms with Crippen LogP contribution < -0.4 is 10.6 Å². The summed E-state index contributed by atoms with van der Waals surface area (Å²) in [5, 5.41) is 15.8. The van der Waals surface area contributed by atoms with Crippen LogP contribution in [-0.2, 0) is 11.3 Å². The Labute approximate surface area is 123 Å². The molecule has 2 rings (SSSR count). The zero-order chi connectivity index (χ0) is 15.1. The van der Waals surface area contributed by atoms with Crippen LogP contribution in [0.4, 0.5) is 4.79 Å². The van der Waals surface area contributed by atoms with Crippen LogP contribution in [0, 0.1) is 0 Å². The Balaban J connectivity index is 1.71. The Morgan fingerprint density at radius 3 is 2.95 bits per heavy atom. The monoisotopic (exact) mass is 292 g/mol. The summed E-state index contributed by atoms with van der Waals surface area (Å²) in [6.07, 6.45) is -0.114. The van der Waals surface area contributed by atoms with Crippen molar-refractivity contribution in [2.45, 2.75) is 19.1 Å². The standard InChI is InChI=1S/C15H20N2O4/c1-20-10-12(18)6-7-16-15(19)17-9-13-8-11-4-2-3-5-14(11)21-13/h2-5,8,12,18H,6-7,9-10H2,1H3,(H2,16,17,19). The Bertz CT molecular complexity index is 549. The molecule has 2 amide bonds. The van der Waals surface area contributed by atoms with Gasteiger partial charge in [-0.15, -0.1) is 0 Å². The quantitative estimate of drug-likeness (QED) is 0.724. The van der Waals surface area contributed by atoms with Gasteiger partial charge >= 0.3 is 6.03 Å². The minimum atomic E-state index is -0.564. The van der Waals surface area contributed by atoms with Gasteiger partial charge in [-0.05, 0) is 18.6 Å². The number of methoxy groups -OCH3 is 1. The van der Waals surface area contributed by atoms with Gasteiger partial charge in [-0.1, -0.05) is 18.2 Å². The number of nitrogens with one attached hydrogen (secondary N) is 2. The average Bonchev–Trinajstić information content (AvgIpc) is 2.88. The largest absolute Gasteiger partial charge is 0.459 e. The van der Waals surface area contributed by atoms with Gasteiger partial charge in [0, 0.05) is 19.0 Å². The molecular weight excluding hydrogens is 272 g/mol. The molecule has 3 N–H and O–H groups in total. The molecule has 6 nitrogen and oxygen atoms in total. The molecular formula is C15H20N2O4. The summed E-state index contributed by atoms with van der Waals surface area (Å²) in [5.74, 6) is 0.700. The molecule has 0 saturated heterocycles. The molecule has 1 unspecified atom stereocenters. The zero-order valence-electron chi connectivity index (χ0n) is 12.0. The van der Waals surface area contributed by atoms with Gasteiger partial charge in [-0.2, -0.15) is 0 Å². The number of rotatable bonds is 7. The first-order valence-electron chi connectivity index (χ1n) is 6.85. The van der Waals surface area contributed by atoms with E-state index in [4.69, 9.17) is 9.15 Å². The molecule has 21 heavy (non-hydrogen) atoms. The summed E-state index contributed by atoms with van der Waals surface area (Å²) in [6.45, 7) is 0.972. The number of carbonyl (C=O) groups is 1. The lowest BCUT2D eigenvalue weighted by atomic mass is 10.2. The highest BCUT2D eigenvalue weighted by Crippen LogP contribution is 2.18. The molecule has 6 heteroatoms. The van der Waals surface area contributed by atoms with E-state index in [9.17, 15) is 9.90 Å². The van der Waals surface area contributed by atoms with Crippen LogP contribution in [0.1, 0.15) is 12.2 Å². The molecule has 0 aliphatic rings. The second kappa shape index (κ2) is 7.66. The van der Waals surface area contributed by atoms with Crippen LogP contribution in [0.5, 0.6) is 0 Å². The van der Waals surface area contributed by atoms with Crippen molar-refractivity contribution in [2.75, 3.05) is 20.3 Å². The zero-order valence-corrected chi connectivity index (χ0v) is 12.0. The normalized spacial score (nSPS) is 12.3. The number of carbonyl (C=O) groups excluding carboxylic acids is 1. The molecule has 0 radical (unpaired) electrons. The fraction of sp³-hybridized carbons (Fsp3) is 0.400. The number of hydrogen-bond acceptors (Lipinski definition) is 4. The molecule has 114 valence electrons. The predicted molar refractivity (Wildman–Crippen MR) is 79.0 cm³/mol. The second-order valence-corrected chi connectivity index (χ2v) is 4.76. The Hall–Kier alpha value is -2.05. The number of fused-ring (bicyclic) bond motifs is 1. The number of ether oxygens (including phenoxy) is 1. The van der Waals surface area contributed by atoms with Crippen LogP contribution in [0.3, 0.4) is 0 Å². The predicted octanol–water partition coefficient (Wildman–Crippen LogP) is 1.63. The van der Waals surface area contributed by atoms with Crippen molar-refractivity contribution in [3.8, 4) is 0 Å². The molecule has 1 heterocycles. The van der Waals surface area contributed by atoms with E-state index in [1.165, 1.54) is 7.11 Å². The van der Waals surface area contributed by atoms with E-state index in [-0.39, 0.29) is 12.6 Å². The first kappa shape index (κ1) is 15.3. The van der Waals surface area contributed by atoms with Crippen molar-refractivity contribution in [3.05, 3.63) is 36.1 Å². The van der Waals surface area contributed by atoms with Crippen molar-refractivity contribution in [2.24, 2.45) is 0 Å². The van der Waals surface area contributed by atoms with E-state index in [1.807, 2.05) is 30.3 Å². The maximum atomic E-state index is 11.6. The maximum Gasteiger partial charge on any atom is 0.315 e. The maximum absolute atomic E-state index is 11.6. The topological polar surface area (TPSA) is 83.7 Å². The number of amides is 2. The fourth-order valence-electron chi connectivity index (χ4n) is 1.98. The Kier molecular flexibility index (Phi) is 5.59. The van der Waals surface area contributed by atoms with Crippen molar-refractivity contribution in [1.82, 2.24) is 10.6 Å². The van der Waals surface area contributed by atoms with E-state index in [1.54, 1.807) is 0 Å². The summed E-state index contributed by atoms with van der Waals surface area (Å²) in [4.78, 5) is 11.6. The number of benzene rings is 1. The minimum Gasteiger partial charge on any atom is -0.459 e. The highest BCUT2D eigenvalue weighted by Gasteiger charge is 2.07. The molecule has 1 aromatic heterocycles. The third kappa shape index (κ3) is 4.77. The van der Waals surface area contributed by atoms with Gasteiger partial charge in [0.05, 0.1) is 19.3 Å². The summed E-state index contributed by atoms with van der Waals surface area (Å²) in [7, 11) is 1.52. The number of hydrogen-bond donors (Lipinski definition) is 3. The minimum absolute atomic E-state index is 0.266. The Morgan fingerprint density at radius 2 is 2.19 bits per heavy atom. The number of para-hydroxylation sites is 1.